The van der Waals surface area contributed by atoms with Crippen molar-refractivity contribution in [2.45, 2.75) is 51.5 Å². The Balaban J connectivity index is 1.91. The summed E-state index contributed by atoms with van der Waals surface area (Å²) >= 11 is 3.72. The molecule has 1 aromatic heterocycles. The Hall–Kier alpha value is -0.510. The zero-order valence-corrected chi connectivity index (χ0v) is 12.0. The summed E-state index contributed by atoms with van der Waals surface area (Å²) in [5.41, 5.74) is 1.24. The first-order valence-electron chi connectivity index (χ1n) is 6.82. The van der Waals surface area contributed by atoms with Gasteiger partial charge in [-0.3, -0.25) is 0 Å². The molecule has 0 bridgehead atoms. The van der Waals surface area contributed by atoms with Crippen LogP contribution < -0.4 is 5.32 Å². The van der Waals surface area contributed by atoms with Crippen LogP contribution in [0, 0.1) is 5.92 Å². The largest absolute Gasteiger partial charge is 0.369 e. The lowest BCUT2D eigenvalue weighted by atomic mass is 10.0. The second kappa shape index (κ2) is 4.63. The average molecular weight is 298 g/mol. The Kier molecular flexibility index (Phi) is 3.16. The topological polar surface area (TPSA) is 29.9 Å². The van der Waals surface area contributed by atoms with E-state index in [-0.39, 0.29) is 0 Å². The third-order valence-corrected chi connectivity index (χ3v) is 4.98. The van der Waals surface area contributed by atoms with E-state index >= 15 is 0 Å². The maximum Gasteiger partial charge on any atom is 0.139 e. The summed E-state index contributed by atoms with van der Waals surface area (Å²) in [5.74, 6) is 2.02. The van der Waals surface area contributed by atoms with Gasteiger partial charge in [-0.15, -0.1) is 0 Å². The number of nitrogens with zero attached hydrogens (tertiary/aromatic N) is 2. The highest BCUT2D eigenvalue weighted by Gasteiger charge is 2.35. The molecule has 4 heteroatoms. The van der Waals surface area contributed by atoms with Crippen LogP contribution in [0.5, 0.6) is 0 Å². The molecule has 0 spiro atoms. The molecule has 1 fully saturated rings. The fourth-order valence-corrected chi connectivity index (χ4v) is 3.77. The van der Waals surface area contributed by atoms with E-state index in [1.165, 1.54) is 48.1 Å². The summed E-state index contributed by atoms with van der Waals surface area (Å²) in [7, 11) is 0. The van der Waals surface area contributed by atoms with Gasteiger partial charge >= 0.3 is 0 Å². The molecule has 2 atom stereocenters. The summed E-state index contributed by atoms with van der Waals surface area (Å²) in [6.45, 7) is 3.36. The predicted molar refractivity (Wildman–Crippen MR) is 73.4 cm³/mol. The number of anilines is 1. The molecule has 1 saturated carbocycles. The van der Waals surface area contributed by atoms with Crippen molar-refractivity contribution in [3.8, 4) is 0 Å². The summed E-state index contributed by atoms with van der Waals surface area (Å²) in [5, 5.41) is 8.39. The van der Waals surface area contributed by atoms with E-state index in [4.69, 9.17) is 5.10 Å². The predicted octanol–water partition coefficient (Wildman–Crippen LogP) is 3.75. The fourth-order valence-electron chi connectivity index (χ4n) is 3.17. The first-order valence-corrected chi connectivity index (χ1v) is 7.61. The maximum absolute atomic E-state index is 4.84. The van der Waals surface area contributed by atoms with Crippen LogP contribution >= 0.6 is 15.9 Å². The number of fused-ring (bicyclic) bond motifs is 3. The molecule has 3 rings (SSSR count). The van der Waals surface area contributed by atoms with E-state index in [0.29, 0.717) is 6.04 Å². The smallest absolute Gasteiger partial charge is 0.139 e. The molecule has 1 aliphatic heterocycles. The summed E-state index contributed by atoms with van der Waals surface area (Å²) in [6, 6.07) is 0.651. The van der Waals surface area contributed by atoms with E-state index < -0.39 is 0 Å². The SMILES string of the molecule is CCCCc1nn2c(c1Br)NCC1CCCC12. The van der Waals surface area contributed by atoms with Gasteiger partial charge < -0.3 is 5.32 Å². The van der Waals surface area contributed by atoms with Gasteiger partial charge in [0.1, 0.15) is 5.82 Å². The normalized spacial score (nSPS) is 26.5. The van der Waals surface area contributed by atoms with E-state index in [1.54, 1.807) is 0 Å². The molecular formula is C13H20BrN3. The van der Waals surface area contributed by atoms with E-state index in [2.05, 4.69) is 32.9 Å². The van der Waals surface area contributed by atoms with Crippen LogP contribution in [0.3, 0.4) is 0 Å². The highest BCUT2D eigenvalue weighted by Crippen LogP contribution is 2.43. The molecule has 1 aliphatic carbocycles. The lowest BCUT2D eigenvalue weighted by Crippen LogP contribution is -2.29. The zero-order valence-electron chi connectivity index (χ0n) is 10.4. The number of hydrogen-bond acceptors (Lipinski definition) is 2. The van der Waals surface area contributed by atoms with Gasteiger partial charge in [-0.25, -0.2) is 4.68 Å². The molecule has 2 heterocycles. The molecule has 2 aliphatic rings. The number of nitrogens with one attached hydrogen (secondary N) is 1. The molecule has 0 radical (unpaired) electrons. The average Bonchev–Trinajstić information content (AvgIpc) is 2.91. The maximum atomic E-state index is 4.84. The van der Waals surface area contributed by atoms with Crippen molar-refractivity contribution in [1.29, 1.82) is 0 Å². The van der Waals surface area contributed by atoms with Crippen molar-refractivity contribution in [3.63, 3.8) is 0 Å². The molecule has 17 heavy (non-hydrogen) atoms. The fraction of sp³-hybridized carbons (Fsp3) is 0.769. The molecule has 94 valence electrons. The number of unbranched alkanes of at least 4 members (excludes halogenated alkanes) is 1. The number of aryl methyl sites for hydroxylation is 1. The van der Waals surface area contributed by atoms with E-state index in [1.807, 2.05) is 0 Å². The number of halogens is 1. The molecule has 3 nitrogen and oxygen atoms in total. The monoisotopic (exact) mass is 297 g/mol. The van der Waals surface area contributed by atoms with E-state index in [9.17, 15) is 0 Å². The first-order chi connectivity index (χ1) is 8.31. The minimum absolute atomic E-state index is 0.651. The minimum atomic E-state index is 0.651. The second-order valence-electron chi connectivity index (χ2n) is 5.30. The van der Waals surface area contributed by atoms with Crippen LogP contribution in [0.15, 0.2) is 4.47 Å². The van der Waals surface area contributed by atoms with Crippen molar-refractivity contribution >= 4 is 21.7 Å². The van der Waals surface area contributed by atoms with Crippen molar-refractivity contribution in [3.05, 3.63) is 10.2 Å². The number of aromatic nitrogens is 2. The van der Waals surface area contributed by atoms with Gasteiger partial charge in [0.25, 0.3) is 0 Å². The third-order valence-electron chi connectivity index (χ3n) is 4.15. The van der Waals surface area contributed by atoms with Crippen LogP contribution in [0.2, 0.25) is 0 Å². The standard InChI is InChI=1S/C13H20BrN3/c1-2-3-6-10-12(14)13-15-8-9-5-4-7-11(9)17(13)16-10/h9,11,15H,2-8H2,1H3. The Labute approximate surface area is 111 Å². The highest BCUT2D eigenvalue weighted by atomic mass is 79.9. The van der Waals surface area contributed by atoms with Gasteiger partial charge in [0.05, 0.1) is 16.2 Å². The van der Waals surface area contributed by atoms with Crippen molar-refractivity contribution in [2.75, 3.05) is 11.9 Å². The lowest BCUT2D eigenvalue weighted by molar-refractivity contribution is 0.345. The van der Waals surface area contributed by atoms with Crippen LogP contribution in [0.1, 0.15) is 50.8 Å². The Bertz CT molecular complexity index is 413. The molecule has 2 unspecified atom stereocenters. The molecule has 1 aromatic rings. The van der Waals surface area contributed by atoms with Gasteiger partial charge in [-0.05, 0) is 47.5 Å². The van der Waals surface area contributed by atoms with Crippen LogP contribution in [-0.4, -0.2) is 16.3 Å². The zero-order chi connectivity index (χ0) is 11.8. The van der Waals surface area contributed by atoms with Crippen LogP contribution in [-0.2, 0) is 6.42 Å². The van der Waals surface area contributed by atoms with Gasteiger partial charge in [-0.2, -0.15) is 5.10 Å². The van der Waals surface area contributed by atoms with Crippen LogP contribution in [0.25, 0.3) is 0 Å². The lowest BCUT2D eigenvalue weighted by Gasteiger charge is -2.28. The van der Waals surface area contributed by atoms with Gasteiger partial charge in [0.2, 0.25) is 0 Å². The van der Waals surface area contributed by atoms with Gasteiger partial charge in [0.15, 0.2) is 0 Å². The van der Waals surface area contributed by atoms with Crippen LogP contribution in [0.4, 0.5) is 5.82 Å². The molecule has 0 amide bonds. The summed E-state index contributed by atoms with van der Waals surface area (Å²) in [6.07, 6.45) is 7.57. The second-order valence-corrected chi connectivity index (χ2v) is 6.09. The molecule has 0 aromatic carbocycles. The Morgan fingerprint density at radius 2 is 2.35 bits per heavy atom. The minimum Gasteiger partial charge on any atom is -0.369 e. The summed E-state index contributed by atoms with van der Waals surface area (Å²) in [4.78, 5) is 0. The van der Waals surface area contributed by atoms with E-state index in [0.717, 1.165) is 18.9 Å². The van der Waals surface area contributed by atoms with Gasteiger partial charge in [0, 0.05) is 6.54 Å². The first kappa shape index (κ1) is 11.6. The van der Waals surface area contributed by atoms with Crippen molar-refractivity contribution in [1.82, 2.24) is 9.78 Å². The Morgan fingerprint density at radius 3 is 3.18 bits per heavy atom. The van der Waals surface area contributed by atoms with Gasteiger partial charge in [-0.1, -0.05) is 19.8 Å². The third kappa shape index (κ3) is 1.90. The van der Waals surface area contributed by atoms with Crippen molar-refractivity contribution < 1.29 is 0 Å². The number of hydrogen-bond donors (Lipinski definition) is 1. The highest BCUT2D eigenvalue weighted by molar-refractivity contribution is 9.10. The molecule has 0 saturated heterocycles. The molecular weight excluding hydrogens is 278 g/mol. The van der Waals surface area contributed by atoms with Crippen molar-refractivity contribution in [2.24, 2.45) is 5.92 Å². The number of rotatable bonds is 3. The quantitative estimate of drug-likeness (QED) is 0.921. The molecule has 1 N–H and O–H groups in total. The Morgan fingerprint density at radius 1 is 1.47 bits per heavy atom. The summed E-state index contributed by atoms with van der Waals surface area (Å²) < 4.78 is 3.47.